The number of fused-ring (bicyclic) bond motifs is 2. The van der Waals surface area contributed by atoms with Crippen LogP contribution in [0.1, 0.15) is 40.6 Å². The number of halogens is 3. The molecular formula is C32H25Cl2FN2O4. The van der Waals surface area contributed by atoms with Gasteiger partial charge in [-0.25, -0.2) is 4.39 Å². The van der Waals surface area contributed by atoms with Crippen LogP contribution in [0.4, 0.5) is 10.1 Å². The van der Waals surface area contributed by atoms with Crippen molar-refractivity contribution in [1.29, 1.82) is 0 Å². The fourth-order valence-electron chi connectivity index (χ4n) is 6.10. The Bertz CT molecular complexity index is 1690. The molecule has 0 aliphatic carbocycles. The molecule has 6 nitrogen and oxygen atoms in total. The first kappa shape index (κ1) is 27.1. The molecule has 2 amide bonds. The van der Waals surface area contributed by atoms with Crippen LogP contribution in [0.3, 0.4) is 0 Å². The van der Waals surface area contributed by atoms with Crippen LogP contribution >= 0.6 is 23.2 Å². The fourth-order valence-corrected chi connectivity index (χ4v) is 6.45. The molecule has 0 bridgehead atoms. The summed E-state index contributed by atoms with van der Waals surface area (Å²) in [5, 5.41) is 6.88. The Morgan fingerprint density at radius 1 is 0.878 bits per heavy atom. The number of carbonyl (C=O) groups excluding carboxylic acids is 2. The third kappa shape index (κ3) is 4.59. The van der Waals surface area contributed by atoms with Crippen molar-refractivity contribution in [3.63, 3.8) is 0 Å². The van der Waals surface area contributed by atoms with Gasteiger partial charge in [-0.05, 0) is 90.3 Å². The van der Waals surface area contributed by atoms with E-state index in [2.05, 4.69) is 10.6 Å². The van der Waals surface area contributed by atoms with E-state index in [4.69, 9.17) is 32.7 Å². The minimum Gasteiger partial charge on any atom is -0.497 e. The molecule has 1 fully saturated rings. The van der Waals surface area contributed by atoms with Crippen LogP contribution in [0.25, 0.3) is 0 Å². The lowest BCUT2D eigenvalue weighted by Gasteiger charge is -2.47. The van der Waals surface area contributed by atoms with Crippen LogP contribution in [0, 0.1) is 12.7 Å². The number of aryl methyl sites for hydroxylation is 1. The summed E-state index contributed by atoms with van der Waals surface area (Å²) in [4.78, 5) is 27.7. The van der Waals surface area contributed by atoms with E-state index < -0.39 is 23.2 Å². The summed E-state index contributed by atoms with van der Waals surface area (Å²) < 4.78 is 26.3. The summed E-state index contributed by atoms with van der Waals surface area (Å²) in [5.41, 5.74) is 1.59. The monoisotopic (exact) mass is 590 g/mol. The van der Waals surface area contributed by atoms with Gasteiger partial charge >= 0.3 is 0 Å². The Morgan fingerprint density at radius 2 is 1.59 bits per heavy atom. The first-order valence-electron chi connectivity index (χ1n) is 13.0. The zero-order valence-electron chi connectivity index (χ0n) is 22.1. The lowest BCUT2D eigenvalue weighted by molar-refractivity contribution is -0.131. The Balaban J connectivity index is 1.59. The summed E-state index contributed by atoms with van der Waals surface area (Å²) in [6.45, 7) is 1.82. The maximum atomic E-state index is 14.7. The van der Waals surface area contributed by atoms with Gasteiger partial charge in [0.1, 0.15) is 28.5 Å². The highest BCUT2D eigenvalue weighted by Crippen LogP contribution is 2.59. The van der Waals surface area contributed by atoms with Gasteiger partial charge in [-0.3, -0.25) is 9.59 Å². The molecule has 3 atom stereocenters. The van der Waals surface area contributed by atoms with E-state index in [1.54, 1.807) is 73.8 Å². The van der Waals surface area contributed by atoms with Crippen LogP contribution in [-0.4, -0.2) is 18.9 Å². The van der Waals surface area contributed by atoms with Crippen molar-refractivity contribution in [3.8, 4) is 17.2 Å². The van der Waals surface area contributed by atoms with Gasteiger partial charge in [0.05, 0.1) is 13.2 Å². The zero-order valence-corrected chi connectivity index (χ0v) is 23.6. The van der Waals surface area contributed by atoms with E-state index in [9.17, 15) is 14.0 Å². The van der Waals surface area contributed by atoms with Crippen LogP contribution in [0.15, 0.2) is 78.9 Å². The van der Waals surface area contributed by atoms with Crippen LogP contribution in [-0.2, 0) is 15.0 Å². The van der Waals surface area contributed by atoms with E-state index in [1.165, 1.54) is 12.1 Å². The number of carbonyl (C=O) groups is 2. The molecule has 2 heterocycles. The number of ether oxygens (including phenoxy) is 2. The molecule has 2 N–H and O–H groups in total. The molecule has 41 heavy (non-hydrogen) atoms. The first-order chi connectivity index (χ1) is 19.7. The normalized spacial score (nSPS) is 21.3. The molecule has 0 radical (unpaired) electrons. The quantitative estimate of drug-likeness (QED) is 0.252. The van der Waals surface area contributed by atoms with Crippen molar-refractivity contribution in [2.24, 2.45) is 0 Å². The molecule has 0 saturated carbocycles. The molecule has 2 aliphatic rings. The summed E-state index contributed by atoms with van der Waals surface area (Å²) in [6.07, 6.45) is -0.0420. The van der Waals surface area contributed by atoms with E-state index in [0.29, 0.717) is 49.7 Å². The lowest BCUT2D eigenvalue weighted by Crippen LogP contribution is -2.57. The maximum Gasteiger partial charge on any atom is 0.238 e. The SMILES string of the molecule is COc1ccc(Oc2ccc(Cl)cc2[C@H]2CC(=O)N[C@@H](c3cc(F)ccc3C)C23C(=O)Nc2cc(Cl)ccc23)cc1. The highest BCUT2D eigenvalue weighted by Gasteiger charge is 2.62. The van der Waals surface area contributed by atoms with E-state index in [0.717, 1.165) is 5.56 Å². The number of hydrogen-bond donors (Lipinski definition) is 2. The van der Waals surface area contributed by atoms with E-state index in [-0.39, 0.29) is 18.2 Å². The smallest absolute Gasteiger partial charge is 0.238 e. The van der Waals surface area contributed by atoms with Gasteiger partial charge in [-0.15, -0.1) is 0 Å². The van der Waals surface area contributed by atoms with Gasteiger partial charge < -0.3 is 20.1 Å². The van der Waals surface area contributed by atoms with Gasteiger partial charge in [0.25, 0.3) is 0 Å². The Morgan fingerprint density at radius 3 is 2.34 bits per heavy atom. The molecule has 4 aromatic carbocycles. The van der Waals surface area contributed by atoms with E-state index >= 15 is 0 Å². The highest BCUT2D eigenvalue weighted by atomic mass is 35.5. The van der Waals surface area contributed by atoms with Crippen molar-refractivity contribution >= 4 is 40.7 Å². The largest absolute Gasteiger partial charge is 0.497 e. The van der Waals surface area contributed by atoms with Crippen molar-refractivity contribution in [3.05, 3.63) is 117 Å². The molecule has 4 aromatic rings. The molecule has 1 unspecified atom stereocenters. The lowest BCUT2D eigenvalue weighted by atomic mass is 9.59. The predicted octanol–water partition coefficient (Wildman–Crippen LogP) is 7.48. The van der Waals surface area contributed by atoms with Crippen LogP contribution in [0.5, 0.6) is 17.2 Å². The van der Waals surface area contributed by atoms with Crippen molar-refractivity contribution in [1.82, 2.24) is 5.32 Å². The molecule has 1 saturated heterocycles. The summed E-state index contributed by atoms with van der Waals surface area (Å²) in [7, 11) is 1.58. The number of anilines is 1. The highest BCUT2D eigenvalue weighted by molar-refractivity contribution is 6.31. The number of piperidine rings is 1. The molecule has 6 rings (SSSR count). The van der Waals surface area contributed by atoms with Gasteiger partial charge in [0.15, 0.2) is 0 Å². The topological polar surface area (TPSA) is 76.7 Å². The molecular weight excluding hydrogens is 566 g/mol. The molecule has 9 heteroatoms. The average molecular weight is 591 g/mol. The van der Waals surface area contributed by atoms with Gasteiger partial charge in [0.2, 0.25) is 11.8 Å². The third-order valence-electron chi connectivity index (χ3n) is 7.94. The standard InChI is InChI=1S/C32H25Cl2FN2O4/c1-17-3-6-20(35)15-23(17)30-32(25-11-4-19(34)14-27(25)36-31(32)39)26(16-29(38)37-30)24-13-18(33)5-12-28(24)41-22-9-7-21(40-2)8-10-22/h3-15,26,30H,16H2,1-2H3,(H,36,39)(H,37,38)/t26-,30+,32?/m1/s1. The minimum atomic E-state index is -1.38. The maximum absolute atomic E-state index is 14.7. The minimum absolute atomic E-state index is 0.0420. The number of amides is 2. The number of methoxy groups -OCH3 is 1. The number of nitrogens with one attached hydrogen (secondary N) is 2. The number of hydrogen-bond acceptors (Lipinski definition) is 4. The number of benzene rings is 4. The Labute approximate surface area is 246 Å². The fraction of sp³-hybridized carbons (Fsp3) is 0.188. The summed E-state index contributed by atoms with van der Waals surface area (Å²) in [6, 6.07) is 20.8. The first-order valence-corrected chi connectivity index (χ1v) is 13.7. The van der Waals surface area contributed by atoms with Crippen molar-refractivity contribution in [2.75, 3.05) is 12.4 Å². The van der Waals surface area contributed by atoms with Crippen molar-refractivity contribution < 1.29 is 23.5 Å². The molecule has 2 aliphatic heterocycles. The van der Waals surface area contributed by atoms with Crippen LogP contribution in [0.2, 0.25) is 10.0 Å². The second-order valence-electron chi connectivity index (χ2n) is 10.2. The van der Waals surface area contributed by atoms with E-state index in [1.807, 2.05) is 6.92 Å². The second-order valence-corrected chi connectivity index (χ2v) is 11.1. The summed E-state index contributed by atoms with van der Waals surface area (Å²) in [5.74, 6) is -0.212. The second kappa shape index (κ2) is 10.4. The van der Waals surface area contributed by atoms with Gasteiger partial charge in [0, 0.05) is 33.6 Å². The average Bonchev–Trinajstić information content (AvgIpc) is 3.23. The molecule has 208 valence electrons. The van der Waals surface area contributed by atoms with Gasteiger partial charge in [-0.2, -0.15) is 0 Å². The Kier molecular flexibility index (Phi) is 6.88. The van der Waals surface area contributed by atoms with Crippen molar-refractivity contribution in [2.45, 2.75) is 30.7 Å². The van der Waals surface area contributed by atoms with Crippen LogP contribution < -0.4 is 20.1 Å². The number of rotatable bonds is 5. The molecule has 0 aromatic heterocycles. The third-order valence-corrected chi connectivity index (χ3v) is 8.41. The summed E-state index contributed by atoms with van der Waals surface area (Å²) >= 11 is 12.8. The molecule has 1 spiro atoms. The van der Waals surface area contributed by atoms with Gasteiger partial charge in [-0.1, -0.05) is 35.3 Å². The predicted molar refractivity (Wildman–Crippen MR) is 156 cm³/mol. The Hall–Kier alpha value is -4.07. The zero-order chi connectivity index (χ0) is 28.9.